The number of aryl methyl sites for hydroxylation is 1. The summed E-state index contributed by atoms with van der Waals surface area (Å²) in [4.78, 5) is 22.6. The summed E-state index contributed by atoms with van der Waals surface area (Å²) >= 11 is 0. The minimum absolute atomic E-state index is 0.0743. The van der Waals surface area contributed by atoms with E-state index in [9.17, 15) is 4.79 Å². The summed E-state index contributed by atoms with van der Waals surface area (Å²) in [5.41, 5.74) is 2.36. The van der Waals surface area contributed by atoms with Gasteiger partial charge >= 0.3 is 0 Å². The zero-order valence-electron chi connectivity index (χ0n) is 15.4. The second-order valence-electron chi connectivity index (χ2n) is 7.96. The van der Waals surface area contributed by atoms with Crippen molar-refractivity contribution >= 4 is 17.0 Å². The van der Waals surface area contributed by atoms with Crippen LogP contribution in [0, 0.1) is 5.92 Å². The first kappa shape index (κ1) is 16.6. The molecule has 0 amide bonds. The molecule has 6 nitrogen and oxygen atoms in total. The monoisotopic (exact) mass is 343 g/mol. The lowest BCUT2D eigenvalue weighted by Gasteiger charge is -2.27. The van der Waals surface area contributed by atoms with Gasteiger partial charge in [-0.25, -0.2) is 4.98 Å². The molecule has 25 heavy (non-hydrogen) atoms. The third kappa shape index (κ3) is 3.18. The van der Waals surface area contributed by atoms with Gasteiger partial charge in [-0.3, -0.25) is 14.5 Å². The minimum Gasteiger partial charge on any atom is -0.345 e. The van der Waals surface area contributed by atoms with Crippen LogP contribution in [0.25, 0.3) is 11.0 Å². The molecule has 0 aliphatic heterocycles. The highest BCUT2D eigenvalue weighted by molar-refractivity contribution is 5.78. The number of H-pyrrole nitrogens is 1. The molecular weight excluding hydrogens is 314 g/mol. The molecule has 1 N–H and O–H groups in total. The van der Waals surface area contributed by atoms with E-state index >= 15 is 0 Å². The molecule has 0 unspecified atom stereocenters. The van der Waals surface area contributed by atoms with E-state index in [2.05, 4.69) is 15.0 Å². The lowest BCUT2D eigenvalue weighted by molar-refractivity contribution is 0.361. The van der Waals surface area contributed by atoms with E-state index in [-0.39, 0.29) is 5.56 Å². The fourth-order valence-corrected chi connectivity index (χ4v) is 4.69. The molecule has 0 atom stereocenters. The molecule has 2 fully saturated rings. The number of hydrogen-bond donors (Lipinski definition) is 1. The average Bonchev–Trinajstić information content (AvgIpc) is 3.24. The fourth-order valence-electron chi connectivity index (χ4n) is 4.69. The molecule has 2 heterocycles. The Morgan fingerprint density at radius 2 is 1.80 bits per heavy atom. The number of nitrogens with zero attached hydrogens (tertiary/aromatic N) is 4. The summed E-state index contributed by atoms with van der Waals surface area (Å²) in [6.07, 6.45) is 11.4. The molecule has 0 radical (unpaired) electrons. The normalized spacial score (nSPS) is 19.8. The number of anilines is 1. The van der Waals surface area contributed by atoms with Gasteiger partial charge in [-0.15, -0.1) is 0 Å². The Bertz CT molecular complexity index is 796. The van der Waals surface area contributed by atoms with Gasteiger partial charge < -0.3 is 4.90 Å². The molecular formula is C19H29N5O. The van der Waals surface area contributed by atoms with Crippen LogP contribution in [0.5, 0.6) is 0 Å². The highest BCUT2D eigenvalue weighted by Crippen LogP contribution is 2.36. The number of aromatic nitrogens is 4. The topological polar surface area (TPSA) is 66.8 Å². The molecule has 6 heteroatoms. The highest BCUT2D eigenvalue weighted by atomic mass is 16.1. The molecule has 4 rings (SSSR count). The first-order valence-electron chi connectivity index (χ1n) is 9.81. The molecule has 0 bridgehead atoms. The van der Waals surface area contributed by atoms with Crippen LogP contribution in [0.4, 0.5) is 5.95 Å². The van der Waals surface area contributed by atoms with Crippen molar-refractivity contribution in [2.24, 2.45) is 13.0 Å². The van der Waals surface area contributed by atoms with Crippen molar-refractivity contribution in [2.75, 3.05) is 18.5 Å². The van der Waals surface area contributed by atoms with Crippen molar-refractivity contribution in [2.45, 2.75) is 63.7 Å². The number of fused-ring (bicyclic) bond motifs is 1. The van der Waals surface area contributed by atoms with Gasteiger partial charge in [-0.1, -0.05) is 32.1 Å². The molecule has 0 saturated heterocycles. The summed E-state index contributed by atoms with van der Waals surface area (Å²) in [6, 6.07) is 0. The van der Waals surface area contributed by atoms with E-state index in [1.54, 1.807) is 4.68 Å². The van der Waals surface area contributed by atoms with Crippen LogP contribution < -0.4 is 10.5 Å². The largest absolute Gasteiger partial charge is 0.345 e. The third-order valence-corrected chi connectivity index (χ3v) is 6.07. The van der Waals surface area contributed by atoms with Crippen molar-refractivity contribution < 1.29 is 0 Å². The third-order valence-electron chi connectivity index (χ3n) is 6.07. The van der Waals surface area contributed by atoms with E-state index in [1.165, 1.54) is 44.9 Å². The van der Waals surface area contributed by atoms with Crippen molar-refractivity contribution in [1.29, 1.82) is 0 Å². The van der Waals surface area contributed by atoms with Gasteiger partial charge in [0.05, 0.1) is 5.69 Å². The number of rotatable bonds is 4. The lowest BCUT2D eigenvalue weighted by atomic mass is 9.89. The van der Waals surface area contributed by atoms with Crippen molar-refractivity contribution in [3.8, 4) is 0 Å². The Hall–Kier alpha value is -1.85. The van der Waals surface area contributed by atoms with Crippen LogP contribution in [0.1, 0.15) is 69.4 Å². The Morgan fingerprint density at radius 1 is 1.12 bits per heavy atom. The van der Waals surface area contributed by atoms with Gasteiger partial charge in [0.1, 0.15) is 5.52 Å². The average molecular weight is 343 g/mol. The SMILES string of the molecule is CN(CC1CCCCC1)c1nc2c(C3CCCC3)nn(C)c2c(=O)[nH]1. The Kier molecular flexibility index (Phi) is 4.52. The molecule has 2 aliphatic rings. The van der Waals surface area contributed by atoms with Crippen LogP contribution in [0.15, 0.2) is 4.79 Å². The number of nitrogens with one attached hydrogen (secondary N) is 1. The highest BCUT2D eigenvalue weighted by Gasteiger charge is 2.26. The summed E-state index contributed by atoms with van der Waals surface area (Å²) in [6.45, 7) is 0.966. The fraction of sp³-hybridized carbons (Fsp3) is 0.737. The van der Waals surface area contributed by atoms with E-state index in [0.29, 0.717) is 23.3 Å². The molecule has 136 valence electrons. The molecule has 0 spiro atoms. The van der Waals surface area contributed by atoms with Crippen LogP contribution >= 0.6 is 0 Å². The van der Waals surface area contributed by atoms with E-state index in [0.717, 1.165) is 30.6 Å². The first-order chi connectivity index (χ1) is 12.1. The first-order valence-corrected chi connectivity index (χ1v) is 9.81. The van der Waals surface area contributed by atoms with Crippen LogP contribution in [0.3, 0.4) is 0 Å². The van der Waals surface area contributed by atoms with E-state index in [4.69, 9.17) is 4.98 Å². The van der Waals surface area contributed by atoms with E-state index in [1.807, 2.05) is 14.1 Å². The second kappa shape index (κ2) is 6.81. The van der Waals surface area contributed by atoms with Gasteiger partial charge in [0.15, 0.2) is 5.52 Å². The zero-order chi connectivity index (χ0) is 17.4. The van der Waals surface area contributed by atoms with Gasteiger partial charge in [0, 0.05) is 26.6 Å². The standard InChI is InChI=1S/C19H29N5O/c1-23(12-13-8-4-3-5-9-13)19-20-16-15(14-10-6-7-11-14)22-24(2)17(16)18(25)21-19/h13-14H,3-12H2,1-2H3,(H,20,21,25). The number of aromatic amines is 1. The van der Waals surface area contributed by atoms with Crippen molar-refractivity contribution in [1.82, 2.24) is 19.7 Å². The van der Waals surface area contributed by atoms with Crippen molar-refractivity contribution in [3.63, 3.8) is 0 Å². The molecule has 0 aromatic carbocycles. The maximum atomic E-state index is 12.7. The predicted octanol–water partition coefficient (Wildman–Crippen LogP) is 3.33. The van der Waals surface area contributed by atoms with Crippen LogP contribution in [0.2, 0.25) is 0 Å². The molecule has 2 aromatic heterocycles. The predicted molar refractivity (Wildman–Crippen MR) is 100 cm³/mol. The lowest BCUT2D eigenvalue weighted by Crippen LogP contribution is -2.30. The smallest absolute Gasteiger partial charge is 0.278 e. The van der Waals surface area contributed by atoms with Gasteiger partial charge in [-0.2, -0.15) is 5.10 Å². The van der Waals surface area contributed by atoms with Crippen molar-refractivity contribution in [3.05, 3.63) is 16.0 Å². The summed E-state index contributed by atoms with van der Waals surface area (Å²) in [5.74, 6) is 1.85. The van der Waals surface area contributed by atoms with Gasteiger partial charge in [0.2, 0.25) is 5.95 Å². The van der Waals surface area contributed by atoms with Crippen LogP contribution in [-0.2, 0) is 7.05 Å². The Labute approximate surface area is 148 Å². The zero-order valence-corrected chi connectivity index (χ0v) is 15.4. The maximum absolute atomic E-state index is 12.7. The van der Waals surface area contributed by atoms with Crippen LogP contribution in [-0.4, -0.2) is 33.3 Å². The molecule has 2 aliphatic carbocycles. The number of hydrogen-bond acceptors (Lipinski definition) is 4. The Balaban J connectivity index is 1.67. The minimum atomic E-state index is -0.0743. The van der Waals surface area contributed by atoms with Gasteiger partial charge in [-0.05, 0) is 31.6 Å². The maximum Gasteiger partial charge on any atom is 0.278 e. The summed E-state index contributed by atoms with van der Waals surface area (Å²) in [5, 5.41) is 4.66. The molecule has 2 aromatic rings. The quantitative estimate of drug-likeness (QED) is 0.925. The molecule has 2 saturated carbocycles. The Morgan fingerprint density at radius 3 is 2.52 bits per heavy atom. The van der Waals surface area contributed by atoms with E-state index < -0.39 is 0 Å². The summed E-state index contributed by atoms with van der Waals surface area (Å²) < 4.78 is 1.71. The summed E-state index contributed by atoms with van der Waals surface area (Å²) in [7, 11) is 3.90. The van der Waals surface area contributed by atoms with Gasteiger partial charge in [0.25, 0.3) is 5.56 Å². The second-order valence-corrected chi connectivity index (χ2v) is 7.96.